The van der Waals surface area contributed by atoms with Gasteiger partial charge in [0, 0.05) is 29.5 Å². The highest BCUT2D eigenvalue weighted by molar-refractivity contribution is 7.98. The molecule has 0 spiro atoms. The molecule has 0 aliphatic heterocycles. The molecule has 0 fully saturated rings. The van der Waals surface area contributed by atoms with Crippen LogP contribution in [0.3, 0.4) is 0 Å². The minimum absolute atomic E-state index is 0.0838. The first-order chi connectivity index (χ1) is 10.1. The molecule has 1 unspecified atom stereocenters. The number of aromatic nitrogens is 2. The van der Waals surface area contributed by atoms with Gasteiger partial charge in [0.05, 0.1) is 10.7 Å². The van der Waals surface area contributed by atoms with E-state index in [1.165, 1.54) is 23.9 Å². The molecule has 1 aromatic heterocycles. The van der Waals surface area contributed by atoms with Gasteiger partial charge in [-0.2, -0.15) is 4.98 Å². The standard InChI is InChI=1S/C13H16N4O3S/c1-9(14-2)7-12-15-13(20-16-12)8-21-11-5-3-10(4-6-11)17(18)19/h3-6,9,14H,7-8H2,1-2H3. The van der Waals surface area contributed by atoms with E-state index < -0.39 is 4.92 Å². The Labute approximate surface area is 126 Å². The molecule has 2 aromatic rings. The van der Waals surface area contributed by atoms with Crippen molar-refractivity contribution in [3.05, 3.63) is 46.1 Å². The topological polar surface area (TPSA) is 94.1 Å². The summed E-state index contributed by atoms with van der Waals surface area (Å²) in [5.74, 6) is 1.77. The molecule has 0 amide bonds. The maximum absolute atomic E-state index is 10.6. The maximum atomic E-state index is 10.6. The van der Waals surface area contributed by atoms with E-state index in [0.29, 0.717) is 23.9 Å². The Kier molecular flexibility index (Phi) is 5.29. The van der Waals surface area contributed by atoms with Gasteiger partial charge in [-0.05, 0) is 26.1 Å². The second kappa shape index (κ2) is 7.19. The van der Waals surface area contributed by atoms with E-state index in [0.717, 1.165) is 4.90 Å². The number of hydrogen-bond donors (Lipinski definition) is 1. The van der Waals surface area contributed by atoms with Crippen LogP contribution in [0.4, 0.5) is 5.69 Å². The van der Waals surface area contributed by atoms with Crippen LogP contribution in [0.15, 0.2) is 33.7 Å². The normalized spacial score (nSPS) is 12.3. The number of likely N-dealkylation sites (N-methyl/N-ethyl adjacent to an activating group) is 1. The van der Waals surface area contributed by atoms with Crippen molar-refractivity contribution in [3.63, 3.8) is 0 Å². The third-order valence-electron chi connectivity index (χ3n) is 2.90. The van der Waals surface area contributed by atoms with Crippen LogP contribution in [0, 0.1) is 10.1 Å². The lowest BCUT2D eigenvalue weighted by Crippen LogP contribution is -2.24. The van der Waals surface area contributed by atoms with E-state index in [2.05, 4.69) is 15.5 Å². The smallest absolute Gasteiger partial charge is 0.269 e. The Hall–Kier alpha value is -1.93. The molecule has 7 nitrogen and oxygen atoms in total. The van der Waals surface area contributed by atoms with Gasteiger partial charge in [-0.25, -0.2) is 0 Å². The first-order valence-electron chi connectivity index (χ1n) is 6.44. The molecule has 1 atom stereocenters. The Bertz CT molecular complexity index is 600. The van der Waals surface area contributed by atoms with Crippen LogP contribution >= 0.6 is 11.8 Å². The third-order valence-corrected chi connectivity index (χ3v) is 3.90. The summed E-state index contributed by atoms with van der Waals surface area (Å²) in [5, 5.41) is 17.6. The van der Waals surface area contributed by atoms with Crippen LogP contribution in [-0.2, 0) is 12.2 Å². The van der Waals surface area contributed by atoms with Crippen molar-refractivity contribution in [1.29, 1.82) is 0 Å². The second-order valence-corrected chi connectivity index (χ2v) is 5.59. The van der Waals surface area contributed by atoms with Crippen molar-refractivity contribution in [2.24, 2.45) is 0 Å². The SMILES string of the molecule is CNC(C)Cc1noc(CSc2ccc([N+](=O)[O-])cc2)n1. The van der Waals surface area contributed by atoms with Crippen LogP contribution in [-0.4, -0.2) is 28.2 Å². The van der Waals surface area contributed by atoms with Gasteiger partial charge in [0.15, 0.2) is 5.82 Å². The number of non-ortho nitro benzene ring substituents is 1. The Balaban J connectivity index is 1.89. The average Bonchev–Trinajstić information content (AvgIpc) is 2.93. The van der Waals surface area contributed by atoms with E-state index in [4.69, 9.17) is 4.52 Å². The van der Waals surface area contributed by atoms with Gasteiger partial charge in [-0.3, -0.25) is 10.1 Å². The zero-order valence-electron chi connectivity index (χ0n) is 11.8. The van der Waals surface area contributed by atoms with Crippen LogP contribution in [0.2, 0.25) is 0 Å². The fourth-order valence-electron chi connectivity index (χ4n) is 1.62. The summed E-state index contributed by atoms with van der Waals surface area (Å²) >= 11 is 1.50. The van der Waals surface area contributed by atoms with Crippen LogP contribution in [0.1, 0.15) is 18.6 Å². The van der Waals surface area contributed by atoms with Crippen molar-refractivity contribution in [1.82, 2.24) is 15.5 Å². The van der Waals surface area contributed by atoms with Crippen molar-refractivity contribution in [2.75, 3.05) is 7.05 Å². The molecule has 0 bridgehead atoms. The fraction of sp³-hybridized carbons (Fsp3) is 0.385. The number of nitrogens with zero attached hydrogens (tertiary/aromatic N) is 3. The fourth-order valence-corrected chi connectivity index (χ4v) is 2.35. The minimum Gasteiger partial charge on any atom is -0.338 e. The van der Waals surface area contributed by atoms with Crippen LogP contribution in [0.5, 0.6) is 0 Å². The van der Waals surface area contributed by atoms with Gasteiger partial charge in [-0.15, -0.1) is 11.8 Å². The summed E-state index contributed by atoms with van der Waals surface area (Å²) in [6.45, 7) is 2.04. The van der Waals surface area contributed by atoms with Gasteiger partial charge >= 0.3 is 0 Å². The molecule has 0 aliphatic rings. The molecule has 2 rings (SSSR count). The van der Waals surface area contributed by atoms with Gasteiger partial charge in [0.25, 0.3) is 5.69 Å². The maximum Gasteiger partial charge on any atom is 0.269 e. The monoisotopic (exact) mass is 308 g/mol. The molecule has 0 aliphatic carbocycles. The van der Waals surface area contributed by atoms with E-state index in [9.17, 15) is 10.1 Å². The lowest BCUT2D eigenvalue weighted by Gasteiger charge is -2.04. The molecule has 1 heterocycles. The number of nitro groups is 1. The number of rotatable bonds is 7. The van der Waals surface area contributed by atoms with E-state index in [1.54, 1.807) is 12.1 Å². The largest absolute Gasteiger partial charge is 0.338 e. The van der Waals surface area contributed by atoms with Crippen LogP contribution < -0.4 is 5.32 Å². The molecular weight excluding hydrogens is 292 g/mol. The number of thioether (sulfide) groups is 1. The lowest BCUT2D eigenvalue weighted by atomic mass is 10.2. The van der Waals surface area contributed by atoms with Crippen molar-refractivity contribution in [3.8, 4) is 0 Å². The van der Waals surface area contributed by atoms with Crippen molar-refractivity contribution >= 4 is 17.4 Å². The molecule has 1 aromatic carbocycles. The Morgan fingerprint density at radius 1 is 1.43 bits per heavy atom. The summed E-state index contributed by atoms with van der Waals surface area (Å²) in [4.78, 5) is 15.4. The van der Waals surface area contributed by atoms with Gasteiger partial charge in [0.1, 0.15) is 0 Å². The molecule has 112 valence electrons. The number of benzene rings is 1. The Morgan fingerprint density at radius 3 is 2.76 bits per heavy atom. The summed E-state index contributed by atoms with van der Waals surface area (Å²) in [5.41, 5.74) is 0.0838. The predicted molar refractivity (Wildman–Crippen MR) is 79.2 cm³/mol. The van der Waals surface area contributed by atoms with E-state index in [-0.39, 0.29) is 11.7 Å². The predicted octanol–water partition coefficient (Wildman–Crippen LogP) is 2.42. The highest BCUT2D eigenvalue weighted by Crippen LogP contribution is 2.24. The van der Waals surface area contributed by atoms with Gasteiger partial charge in [-0.1, -0.05) is 5.16 Å². The summed E-state index contributed by atoms with van der Waals surface area (Å²) in [6, 6.07) is 6.68. The molecule has 1 N–H and O–H groups in total. The zero-order valence-corrected chi connectivity index (χ0v) is 12.6. The minimum atomic E-state index is -0.415. The van der Waals surface area contributed by atoms with Crippen molar-refractivity contribution in [2.45, 2.75) is 30.0 Å². The van der Waals surface area contributed by atoms with Crippen LogP contribution in [0.25, 0.3) is 0 Å². The third kappa shape index (κ3) is 4.54. The number of hydrogen-bond acceptors (Lipinski definition) is 7. The first-order valence-corrected chi connectivity index (χ1v) is 7.43. The van der Waals surface area contributed by atoms with Gasteiger partial charge < -0.3 is 9.84 Å². The molecular formula is C13H16N4O3S. The molecule has 0 radical (unpaired) electrons. The zero-order chi connectivity index (χ0) is 15.2. The average molecular weight is 308 g/mol. The van der Waals surface area contributed by atoms with E-state index in [1.807, 2.05) is 14.0 Å². The summed E-state index contributed by atoms with van der Waals surface area (Å²) in [6.07, 6.45) is 0.711. The molecule has 0 saturated heterocycles. The quantitative estimate of drug-likeness (QED) is 0.477. The molecule has 21 heavy (non-hydrogen) atoms. The van der Waals surface area contributed by atoms with Crippen molar-refractivity contribution < 1.29 is 9.45 Å². The second-order valence-electron chi connectivity index (χ2n) is 4.54. The lowest BCUT2D eigenvalue weighted by molar-refractivity contribution is -0.384. The number of nitro benzene ring substituents is 1. The van der Waals surface area contributed by atoms with Gasteiger partial charge in [0.2, 0.25) is 5.89 Å². The Morgan fingerprint density at radius 2 is 2.14 bits per heavy atom. The summed E-state index contributed by atoms with van der Waals surface area (Å²) in [7, 11) is 1.89. The van der Waals surface area contributed by atoms with E-state index >= 15 is 0 Å². The highest BCUT2D eigenvalue weighted by Gasteiger charge is 2.10. The molecule has 0 saturated carbocycles. The first kappa shape index (κ1) is 15.5. The number of nitrogens with one attached hydrogen (secondary N) is 1. The molecule has 8 heteroatoms. The summed E-state index contributed by atoms with van der Waals surface area (Å²) < 4.78 is 5.18. The highest BCUT2D eigenvalue weighted by atomic mass is 32.2.